The molecule has 0 aromatic carbocycles. The average molecular weight is 210 g/mol. The van der Waals surface area contributed by atoms with E-state index in [0.29, 0.717) is 5.41 Å². The van der Waals surface area contributed by atoms with Crippen molar-refractivity contribution < 1.29 is 0 Å². The van der Waals surface area contributed by atoms with Gasteiger partial charge in [-0.15, -0.1) is 11.3 Å². The average Bonchev–Trinajstić information content (AvgIpc) is 2.79. The summed E-state index contributed by atoms with van der Waals surface area (Å²) in [7, 11) is 0. The Hall–Kier alpha value is -0.410. The second-order valence-corrected chi connectivity index (χ2v) is 5.24. The predicted molar refractivity (Wildman–Crippen MR) is 60.3 cm³/mol. The molecular weight excluding hydrogens is 192 g/mol. The Morgan fingerprint density at radius 3 is 3.07 bits per heavy atom. The Morgan fingerprint density at radius 2 is 2.57 bits per heavy atom. The van der Waals surface area contributed by atoms with E-state index >= 15 is 0 Å². The number of hydrogen-bond acceptors (Lipinski definition) is 3. The van der Waals surface area contributed by atoms with Gasteiger partial charge in [-0.2, -0.15) is 0 Å². The van der Waals surface area contributed by atoms with Crippen molar-refractivity contribution in [2.45, 2.75) is 32.6 Å². The van der Waals surface area contributed by atoms with E-state index < -0.39 is 0 Å². The summed E-state index contributed by atoms with van der Waals surface area (Å²) in [4.78, 5) is 4.37. The van der Waals surface area contributed by atoms with Crippen molar-refractivity contribution in [1.82, 2.24) is 4.98 Å². The molecule has 1 heterocycles. The van der Waals surface area contributed by atoms with E-state index in [1.807, 2.05) is 5.51 Å². The van der Waals surface area contributed by atoms with Gasteiger partial charge in [-0.05, 0) is 30.7 Å². The number of aromatic nitrogens is 1. The maximum Gasteiger partial charge on any atom is 0.0794 e. The van der Waals surface area contributed by atoms with Gasteiger partial charge in [0.05, 0.1) is 11.2 Å². The van der Waals surface area contributed by atoms with Crippen LogP contribution in [0.5, 0.6) is 0 Å². The van der Waals surface area contributed by atoms with Crippen molar-refractivity contribution in [3.63, 3.8) is 0 Å². The highest BCUT2D eigenvalue weighted by Crippen LogP contribution is 2.44. The number of nitrogens with two attached hydrogens (primary N) is 1. The summed E-state index contributed by atoms with van der Waals surface area (Å²) in [5.41, 5.74) is 9.44. The van der Waals surface area contributed by atoms with Crippen LogP contribution in [0.1, 0.15) is 31.9 Å². The zero-order valence-electron chi connectivity index (χ0n) is 8.70. The minimum absolute atomic E-state index is 0.341. The lowest BCUT2D eigenvalue weighted by molar-refractivity contribution is 0.222. The van der Waals surface area contributed by atoms with Gasteiger partial charge in [0.25, 0.3) is 0 Å². The van der Waals surface area contributed by atoms with E-state index in [1.54, 1.807) is 11.3 Å². The van der Waals surface area contributed by atoms with Crippen molar-refractivity contribution in [3.05, 3.63) is 16.6 Å². The first-order valence-electron chi connectivity index (χ1n) is 5.34. The van der Waals surface area contributed by atoms with E-state index in [4.69, 9.17) is 5.73 Å². The Kier molecular flexibility index (Phi) is 2.88. The fourth-order valence-electron chi connectivity index (χ4n) is 2.64. The fourth-order valence-corrected chi connectivity index (χ4v) is 3.19. The van der Waals surface area contributed by atoms with E-state index in [2.05, 4.69) is 17.3 Å². The maximum absolute atomic E-state index is 5.95. The van der Waals surface area contributed by atoms with Crippen LogP contribution in [0.2, 0.25) is 0 Å². The third-order valence-electron chi connectivity index (χ3n) is 3.78. The van der Waals surface area contributed by atoms with E-state index in [9.17, 15) is 0 Å². The zero-order valence-corrected chi connectivity index (χ0v) is 9.52. The number of thiazole rings is 1. The number of hydrogen-bond donors (Lipinski definition) is 1. The summed E-state index contributed by atoms with van der Waals surface area (Å²) in [6.45, 7) is 3.15. The highest BCUT2D eigenvalue weighted by molar-refractivity contribution is 7.07. The summed E-state index contributed by atoms with van der Waals surface area (Å²) < 4.78 is 0. The molecule has 3 heteroatoms. The van der Waals surface area contributed by atoms with Crippen molar-refractivity contribution in [3.8, 4) is 0 Å². The van der Waals surface area contributed by atoms with Crippen LogP contribution in [0.15, 0.2) is 10.9 Å². The fraction of sp³-hybridized carbons (Fsp3) is 0.727. The van der Waals surface area contributed by atoms with E-state index in [0.717, 1.165) is 18.9 Å². The van der Waals surface area contributed by atoms with Crippen molar-refractivity contribution in [2.75, 3.05) is 6.54 Å². The van der Waals surface area contributed by atoms with E-state index in [-0.39, 0.29) is 0 Å². The van der Waals surface area contributed by atoms with Gasteiger partial charge >= 0.3 is 0 Å². The van der Waals surface area contributed by atoms with Crippen molar-refractivity contribution in [2.24, 2.45) is 17.1 Å². The van der Waals surface area contributed by atoms with Gasteiger partial charge in [0.1, 0.15) is 0 Å². The Morgan fingerprint density at radius 1 is 1.71 bits per heavy atom. The second-order valence-electron chi connectivity index (χ2n) is 4.52. The summed E-state index contributed by atoms with van der Waals surface area (Å²) in [6, 6.07) is 0. The largest absolute Gasteiger partial charge is 0.330 e. The molecule has 1 aromatic rings. The van der Waals surface area contributed by atoms with Gasteiger partial charge in [0.2, 0.25) is 0 Å². The van der Waals surface area contributed by atoms with E-state index in [1.165, 1.54) is 25.0 Å². The second kappa shape index (κ2) is 3.99. The SMILES string of the molecule is CC1CCCC1(CN)Cc1cscn1. The zero-order chi connectivity index (χ0) is 10.0. The summed E-state index contributed by atoms with van der Waals surface area (Å²) in [5.74, 6) is 0.759. The molecule has 1 saturated carbocycles. The molecule has 1 aliphatic carbocycles. The van der Waals surface area contributed by atoms with Crippen LogP contribution in [0, 0.1) is 11.3 Å². The lowest BCUT2D eigenvalue weighted by atomic mass is 9.75. The minimum Gasteiger partial charge on any atom is -0.330 e. The molecule has 1 fully saturated rings. The Bertz CT molecular complexity index is 283. The predicted octanol–water partition coefficient (Wildman–Crippen LogP) is 2.45. The molecule has 14 heavy (non-hydrogen) atoms. The molecule has 2 rings (SSSR count). The van der Waals surface area contributed by atoms with Crippen molar-refractivity contribution >= 4 is 11.3 Å². The topological polar surface area (TPSA) is 38.9 Å². The summed E-state index contributed by atoms with van der Waals surface area (Å²) in [6.07, 6.45) is 5.03. The minimum atomic E-state index is 0.341. The molecule has 78 valence electrons. The van der Waals surface area contributed by atoms with Gasteiger partial charge < -0.3 is 5.73 Å². The highest BCUT2D eigenvalue weighted by Gasteiger charge is 2.39. The van der Waals surface area contributed by atoms with Gasteiger partial charge in [-0.25, -0.2) is 4.98 Å². The molecule has 2 N–H and O–H groups in total. The molecule has 0 aliphatic heterocycles. The van der Waals surface area contributed by atoms with Gasteiger partial charge in [-0.1, -0.05) is 19.8 Å². The highest BCUT2D eigenvalue weighted by atomic mass is 32.1. The third-order valence-corrected chi connectivity index (χ3v) is 4.42. The quantitative estimate of drug-likeness (QED) is 0.832. The van der Waals surface area contributed by atoms with Crippen LogP contribution in [0.25, 0.3) is 0 Å². The molecule has 0 saturated heterocycles. The molecule has 0 bridgehead atoms. The number of rotatable bonds is 3. The molecule has 2 unspecified atom stereocenters. The summed E-state index contributed by atoms with van der Waals surface area (Å²) >= 11 is 1.68. The standard InChI is InChI=1S/C11H18N2S/c1-9-3-2-4-11(9,7-12)5-10-6-14-8-13-10/h6,8-9H,2-5,7,12H2,1H3. The van der Waals surface area contributed by atoms with Gasteiger partial charge in [-0.3, -0.25) is 0 Å². The first-order chi connectivity index (χ1) is 6.77. The molecule has 1 aliphatic rings. The van der Waals surface area contributed by atoms with Crippen LogP contribution in [-0.2, 0) is 6.42 Å². The van der Waals surface area contributed by atoms with Crippen LogP contribution in [-0.4, -0.2) is 11.5 Å². The van der Waals surface area contributed by atoms with Crippen LogP contribution < -0.4 is 5.73 Å². The smallest absolute Gasteiger partial charge is 0.0794 e. The van der Waals surface area contributed by atoms with Crippen LogP contribution in [0.3, 0.4) is 0 Å². The van der Waals surface area contributed by atoms with Crippen LogP contribution >= 0.6 is 11.3 Å². The van der Waals surface area contributed by atoms with Crippen molar-refractivity contribution in [1.29, 1.82) is 0 Å². The van der Waals surface area contributed by atoms with Gasteiger partial charge in [0.15, 0.2) is 0 Å². The summed E-state index contributed by atoms with van der Waals surface area (Å²) in [5, 5.41) is 2.16. The molecular formula is C11H18N2S. The Labute approximate surface area is 89.5 Å². The third kappa shape index (κ3) is 1.71. The molecule has 1 aromatic heterocycles. The van der Waals surface area contributed by atoms with Gasteiger partial charge in [0, 0.05) is 5.38 Å². The molecule has 2 atom stereocenters. The first kappa shape index (κ1) is 10.1. The molecule has 0 amide bonds. The first-order valence-corrected chi connectivity index (χ1v) is 6.28. The molecule has 0 spiro atoms. The maximum atomic E-state index is 5.95. The number of nitrogens with zero attached hydrogens (tertiary/aromatic N) is 1. The monoisotopic (exact) mass is 210 g/mol. The lowest BCUT2D eigenvalue weighted by Gasteiger charge is -2.31. The normalized spacial score (nSPS) is 32.3. The van der Waals surface area contributed by atoms with Crippen LogP contribution in [0.4, 0.5) is 0 Å². The molecule has 2 nitrogen and oxygen atoms in total. The Balaban J connectivity index is 2.13. The molecule has 0 radical (unpaired) electrons. The lowest BCUT2D eigenvalue weighted by Crippen LogP contribution is -2.35.